The minimum Gasteiger partial charge on any atom is -0.312 e. The molecule has 1 rings (SSSR count). The quantitative estimate of drug-likeness (QED) is 0.723. The maximum Gasteiger partial charge on any atom is 0.0287 e. The lowest BCUT2D eigenvalue weighted by molar-refractivity contribution is 0.290. The van der Waals surface area contributed by atoms with Crippen LogP contribution in [0.2, 0.25) is 0 Å². The summed E-state index contributed by atoms with van der Waals surface area (Å²) in [4.78, 5) is 0. The molecule has 0 saturated carbocycles. The summed E-state index contributed by atoms with van der Waals surface area (Å²) in [7, 11) is 0. The van der Waals surface area contributed by atoms with Gasteiger partial charge in [-0.15, -0.1) is 0 Å². The molecule has 0 aliphatic carbocycles. The summed E-state index contributed by atoms with van der Waals surface area (Å²) in [5.41, 5.74) is 0. The topological polar surface area (TPSA) is 12.0 Å². The maximum atomic E-state index is 3.82. The average molecular weight is 243 g/mol. The molecule has 2 heteroatoms. The Morgan fingerprint density at radius 3 is 2.56 bits per heavy atom. The summed E-state index contributed by atoms with van der Waals surface area (Å²) in [5, 5.41) is 3.82. The van der Waals surface area contributed by atoms with Crippen LogP contribution in [0.5, 0.6) is 0 Å². The van der Waals surface area contributed by atoms with Crippen molar-refractivity contribution in [3.63, 3.8) is 0 Å². The number of hydrogen-bond donors (Lipinski definition) is 1. The van der Waals surface area contributed by atoms with Gasteiger partial charge in [0.25, 0.3) is 0 Å². The van der Waals surface area contributed by atoms with E-state index >= 15 is 0 Å². The van der Waals surface area contributed by atoms with Crippen molar-refractivity contribution in [2.24, 2.45) is 5.92 Å². The Balaban J connectivity index is 2.61. The summed E-state index contributed by atoms with van der Waals surface area (Å²) in [6.07, 6.45) is 6.72. The number of hydrogen-bond acceptors (Lipinski definition) is 2. The summed E-state index contributed by atoms with van der Waals surface area (Å²) in [6.45, 7) is 10.6. The third-order valence-electron chi connectivity index (χ3n) is 3.83. The van der Waals surface area contributed by atoms with Gasteiger partial charge < -0.3 is 5.32 Å². The second kappa shape index (κ2) is 6.90. The summed E-state index contributed by atoms with van der Waals surface area (Å²) < 4.78 is 0.490. The lowest BCUT2D eigenvalue weighted by Gasteiger charge is -2.38. The SMILES string of the molecule is CCCNC(C(C)CCC)C1(C)CCCS1. The normalized spacial score (nSPS) is 29.2. The first-order valence-corrected chi connectivity index (χ1v) is 8.00. The van der Waals surface area contributed by atoms with Crippen LogP contribution in [-0.2, 0) is 0 Å². The van der Waals surface area contributed by atoms with Crippen molar-refractivity contribution >= 4 is 11.8 Å². The average Bonchev–Trinajstić information content (AvgIpc) is 2.67. The number of rotatable bonds is 7. The van der Waals surface area contributed by atoms with Crippen LogP contribution < -0.4 is 5.32 Å². The predicted octanol–water partition coefficient (Wildman–Crippen LogP) is 4.08. The highest BCUT2D eigenvalue weighted by Gasteiger charge is 2.39. The van der Waals surface area contributed by atoms with Gasteiger partial charge >= 0.3 is 0 Å². The molecule has 1 aliphatic heterocycles. The molecule has 0 aromatic heterocycles. The van der Waals surface area contributed by atoms with E-state index in [0.29, 0.717) is 10.8 Å². The molecule has 0 bridgehead atoms. The standard InChI is InChI=1S/C14H29NS/c1-5-8-12(3)13(15-10-6-2)14(4)9-7-11-16-14/h12-13,15H,5-11H2,1-4H3. The smallest absolute Gasteiger partial charge is 0.0287 e. The molecule has 0 aromatic rings. The van der Waals surface area contributed by atoms with Gasteiger partial charge in [-0.3, -0.25) is 0 Å². The van der Waals surface area contributed by atoms with Crippen molar-refractivity contribution in [3.8, 4) is 0 Å². The molecule has 16 heavy (non-hydrogen) atoms. The largest absolute Gasteiger partial charge is 0.312 e. The minimum absolute atomic E-state index is 0.490. The van der Waals surface area contributed by atoms with E-state index in [1.165, 1.54) is 44.4 Å². The fraction of sp³-hybridized carbons (Fsp3) is 1.00. The van der Waals surface area contributed by atoms with Crippen molar-refractivity contribution in [1.82, 2.24) is 5.32 Å². The van der Waals surface area contributed by atoms with Crippen LogP contribution in [0.25, 0.3) is 0 Å². The minimum atomic E-state index is 0.490. The zero-order chi connectivity index (χ0) is 12.0. The Bertz CT molecular complexity index is 187. The molecule has 1 saturated heterocycles. The first kappa shape index (κ1) is 14.4. The highest BCUT2D eigenvalue weighted by molar-refractivity contribution is 8.00. The second-order valence-corrected chi connectivity index (χ2v) is 7.09. The monoisotopic (exact) mass is 243 g/mol. The predicted molar refractivity (Wildman–Crippen MR) is 76.3 cm³/mol. The van der Waals surface area contributed by atoms with Gasteiger partial charge in [-0.2, -0.15) is 11.8 Å². The first-order chi connectivity index (χ1) is 7.64. The van der Waals surface area contributed by atoms with Crippen molar-refractivity contribution < 1.29 is 0 Å². The molecule has 3 unspecified atom stereocenters. The molecule has 1 N–H and O–H groups in total. The number of nitrogens with one attached hydrogen (secondary N) is 1. The summed E-state index contributed by atoms with van der Waals surface area (Å²) in [6, 6.07) is 0.708. The molecule has 0 radical (unpaired) electrons. The molecule has 1 heterocycles. The summed E-state index contributed by atoms with van der Waals surface area (Å²) in [5.74, 6) is 2.17. The molecule has 0 aromatic carbocycles. The Kier molecular flexibility index (Phi) is 6.20. The first-order valence-electron chi connectivity index (χ1n) is 7.01. The van der Waals surface area contributed by atoms with Crippen molar-refractivity contribution in [1.29, 1.82) is 0 Å². The van der Waals surface area contributed by atoms with Crippen LogP contribution in [0.4, 0.5) is 0 Å². The van der Waals surface area contributed by atoms with E-state index in [2.05, 4.69) is 44.8 Å². The lowest BCUT2D eigenvalue weighted by Crippen LogP contribution is -2.49. The Hall–Kier alpha value is 0.310. The molecule has 96 valence electrons. The molecule has 1 fully saturated rings. The fourth-order valence-corrected chi connectivity index (χ4v) is 4.53. The van der Waals surface area contributed by atoms with Crippen LogP contribution in [0.3, 0.4) is 0 Å². The highest BCUT2D eigenvalue weighted by atomic mass is 32.2. The molecule has 1 aliphatic rings. The van der Waals surface area contributed by atoms with Crippen molar-refractivity contribution in [2.45, 2.75) is 70.6 Å². The van der Waals surface area contributed by atoms with Crippen LogP contribution in [0.1, 0.15) is 59.8 Å². The van der Waals surface area contributed by atoms with E-state index < -0.39 is 0 Å². The van der Waals surface area contributed by atoms with E-state index in [1.54, 1.807) is 0 Å². The van der Waals surface area contributed by atoms with Gasteiger partial charge in [0.1, 0.15) is 0 Å². The van der Waals surface area contributed by atoms with Gasteiger partial charge in [0.2, 0.25) is 0 Å². The van der Waals surface area contributed by atoms with E-state index in [-0.39, 0.29) is 0 Å². The third-order valence-corrected chi connectivity index (χ3v) is 5.44. The van der Waals surface area contributed by atoms with Crippen LogP contribution in [0.15, 0.2) is 0 Å². The highest BCUT2D eigenvalue weighted by Crippen LogP contribution is 2.43. The van der Waals surface area contributed by atoms with Crippen LogP contribution in [0, 0.1) is 5.92 Å². The van der Waals surface area contributed by atoms with Gasteiger partial charge in [0.05, 0.1) is 0 Å². The van der Waals surface area contributed by atoms with Crippen molar-refractivity contribution in [2.75, 3.05) is 12.3 Å². The van der Waals surface area contributed by atoms with Crippen LogP contribution >= 0.6 is 11.8 Å². The van der Waals surface area contributed by atoms with E-state index in [9.17, 15) is 0 Å². The van der Waals surface area contributed by atoms with Crippen LogP contribution in [-0.4, -0.2) is 23.1 Å². The van der Waals surface area contributed by atoms with Gasteiger partial charge in [0.15, 0.2) is 0 Å². The second-order valence-electron chi connectivity index (χ2n) is 5.46. The fourth-order valence-electron chi connectivity index (χ4n) is 2.99. The van der Waals surface area contributed by atoms with Crippen molar-refractivity contribution in [3.05, 3.63) is 0 Å². The Labute approximate surface area is 106 Å². The number of thioether (sulfide) groups is 1. The third kappa shape index (κ3) is 3.66. The van der Waals surface area contributed by atoms with E-state index in [0.717, 1.165) is 5.92 Å². The molecule has 1 nitrogen and oxygen atoms in total. The Morgan fingerprint density at radius 1 is 1.31 bits per heavy atom. The Morgan fingerprint density at radius 2 is 2.06 bits per heavy atom. The molecule has 0 spiro atoms. The van der Waals surface area contributed by atoms with Gasteiger partial charge in [-0.05, 0) is 50.8 Å². The van der Waals surface area contributed by atoms with Gasteiger partial charge in [-0.1, -0.05) is 27.2 Å². The zero-order valence-electron chi connectivity index (χ0n) is 11.5. The summed E-state index contributed by atoms with van der Waals surface area (Å²) >= 11 is 2.19. The lowest BCUT2D eigenvalue weighted by atomic mass is 9.84. The van der Waals surface area contributed by atoms with Gasteiger partial charge in [-0.25, -0.2) is 0 Å². The van der Waals surface area contributed by atoms with Gasteiger partial charge in [0, 0.05) is 10.8 Å². The zero-order valence-corrected chi connectivity index (χ0v) is 12.3. The molecule has 3 atom stereocenters. The van der Waals surface area contributed by atoms with E-state index in [4.69, 9.17) is 0 Å². The molecule has 0 amide bonds. The molecular formula is C14H29NS. The maximum absolute atomic E-state index is 3.82. The molecular weight excluding hydrogens is 214 g/mol. The van der Waals surface area contributed by atoms with E-state index in [1.807, 2.05) is 0 Å².